The summed E-state index contributed by atoms with van der Waals surface area (Å²) >= 11 is 0. The first kappa shape index (κ1) is 24.8. The van der Waals surface area contributed by atoms with Crippen LogP contribution >= 0.6 is 0 Å². The second-order valence-electron chi connectivity index (χ2n) is 8.62. The summed E-state index contributed by atoms with van der Waals surface area (Å²) in [6.07, 6.45) is 3.11. The van der Waals surface area contributed by atoms with Crippen molar-refractivity contribution in [2.75, 3.05) is 6.61 Å². The number of nitro benzene ring substituents is 1. The van der Waals surface area contributed by atoms with Gasteiger partial charge in [-0.15, -0.1) is 10.2 Å². The second kappa shape index (κ2) is 11.0. The summed E-state index contributed by atoms with van der Waals surface area (Å²) in [7, 11) is 0. The van der Waals surface area contributed by atoms with E-state index in [9.17, 15) is 19.7 Å². The van der Waals surface area contributed by atoms with E-state index in [2.05, 4.69) is 24.0 Å². The Morgan fingerprint density at radius 1 is 1.06 bits per heavy atom. The Morgan fingerprint density at radius 2 is 1.72 bits per heavy atom. The van der Waals surface area contributed by atoms with Gasteiger partial charge in [0.05, 0.1) is 10.5 Å². The lowest BCUT2D eigenvalue weighted by Gasteiger charge is -2.38. The number of hydrogen-bond donors (Lipinski definition) is 0. The number of carbonyl (C=O) groups excluding carboxylic acids is 2. The highest BCUT2D eigenvalue weighted by atomic mass is 16.6. The van der Waals surface area contributed by atoms with Crippen molar-refractivity contribution in [3.63, 3.8) is 0 Å². The van der Waals surface area contributed by atoms with E-state index in [-0.39, 0.29) is 48.7 Å². The van der Waals surface area contributed by atoms with Gasteiger partial charge >= 0.3 is 5.97 Å². The summed E-state index contributed by atoms with van der Waals surface area (Å²) in [6, 6.07) is 12.3. The molecular formula is C25H26N4O7. The van der Waals surface area contributed by atoms with Crippen LogP contribution in [0.15, 0.2) is 52.9 Å². The number of nitrogens with zero attached hydrogens (tertiary/aromatic N) is 4. The smallest absolute Gasteiger partial charge is 0.338 e. The number of esters is 1. The molecule has 36 heavy (non-hydrogen) atoms. The fraction of sp³-hybridized carbons (Fsp3) is 0.360. The Kier molecular flexibility index (Phi) is 7.57. The topological polar surface area (TPSA) is 138 Å². The Bertz CT molecular complexity index is 1210. The Hall–Kier alpha value is -4.28. The molecule has 2 atom stereocenters. The monoisotopic (exact) mass is 494 g/mol. The van der Waals surface area contributed by atoms with Gasteiger partial charge in [0.2, 0.25) is 5.89 Å². The molecule has 3 aromatic rings. The number of ether oxygens (including phenoxy) is 2. The molecule has 0 N–H and O–H groups in total. The van der Waals surface area contributed by atoms with Gasteiger partial charge in [-0.05, 0) is 69.5 Å². The summed E-state index contributed by atoms with van der Waals surface area (Å²) in [6.45, 7) is 3.81. The van der Waals surface area contributed by atoms with Crippen LogP contribution in [0.25, 0.3) is 11.5 Å². The van der Waals surface area contributed by atoms with Gasteiger partial charge in [0.15, 0.2) is 13.2 Å². The number of carbonyl (C=O) groups is 2. The largest absolute Gasteiger partial charge is 0.484 e. The molecule has 0 radical (unpaired) electrons. The molecule has 0 spiro atoms. The van der Waals surface area contributed by atoms with Crippen LogP contribution in [-0.2, 0) is 16.1 Å². The number of aromatic nitrogens is 2. The van der Waals surface area contributed by atoms with Crippen LogP contribution in [0.2, 0.25) is 0 Å². The number of non-ortho nitro benzene ring substituents is 1. The van der Waals surface area contributed by atoms with Crippen molar-refractivity contribution in [3.8, 4) is 17.2 Å². The van der Waals surface area contributed by atoms with Crippen LogP contribution in [0.3, 0.4) is 0 Å². The van der Waals surface area contributed by atoms with E-state index in [1.54, 1.807) is 24.3 Å². The third-order valence-electron chi connectivity index (χ3n) is 6.05. The van der Waals surface area contributed by atoms with Crippen LogP contribution in [0.5, 0.6) is 5.75 Å². The van der Waals surface area contributed by atoms with Crippen molar-refractivity contribution < 1.29 is 28.4 Å². The molecule has 0 saturated carbocycles. The highest BCUT2D eigenvalue weighted by molar-refractivity contribution is 5.89. The van der Waals surface area contributed by atoms with Gasteiger partial charge < -0.3 is 18.8 Å². The molecule has 1 aliphatic rings. The first-order valence-electron chi connectivity index (χ1n) is 11.6. The van der Waals surface area contributed by atoms with Crippen molar-refractivity contribution >= 4 is 17.6 Å². The Balaban J connectivity index is 1.27. The zero-order valence-corrected chi connectivity index (χ0v) is 20.0. The lowest BCUT2D eigenvalue weighted by atomic mass is 9.97. The normalized spacial score (nSPS) is 17.4. The summed E-state index contributed by atoms with van der Waals surface area (Å²) in [5.41, 5.74) is 0.743. The number of amides is 1. The van der Waals surface area contributed by atoms with Crippen molar-refractivity contribution in [1.29, 1.82) is 0 Å². The average Bonchev–Trinajstić information content (AvgIpc) is 3.35. The van der Waals surface area contributed by atoms with E-state index in [4.69, 9.17) is 13.9 Å². The summed E-state index contributed by atoms with van der Waals surface area (Å²) in [5.74, 6) is 0.0630. The molecule has 0 bridgehead atoms. The van der Waals surface area contributed by atoms with Gasteiger partial charge in [0, 0.05) is 29.8 Å². The molecule has 1 saturated heterocycles. The number of piperidine rings is 1. The highest BCUT2D eigenvalue weighted by Gasteiger charge is 2.29. The van der Waals surface area contributed by atoms with Crippen LogP contribution in [0.1, 0.15) is 49.4 Å². The third-order valence-corrected chi connectivity index (χ3v) is 6.05. The lowest BCUT2D eigenvalue weighted by molar-refractivity contribution is -0.384. The van der Waals surface area contributed by atoms with E-state index >= 15 is 0 Å². The van der Waals surface area contributed by atoms with Gasteiger partial charge in [-0.2, -0.15) is 0 Å². The fourth-order valence-corrected chi connectivity index (χ4v) is 4.18. The predicted octanol–water partition coefficient (Wildman–Crippen LogP) is 4.17. The van der Waals surface area contributed by atoms with E-state index in [1.165, 1.54) is 24.3 Å². The molecule has 1 aromatic heterocycles. The average molecular weight is 495 g/mol. The van der Waals surface area contributed by atoms with Gasteiger partial charge in [-0.25, -0.2) is 4.79 Å². The first-order chi connectivity index (χ1) is 17.3. The highest BCUT2D eigenvalue weighted by Crippen LogP contribution is 2.24. The van der Waals surface area contributed by atoms with Crippen molar-refractivity contribution in [3.05, 3.63) is 70.1 Å². The van der Waals surface area contributed by atoms with Crippen LogP contribution in [0.4, 0.5) is 5.69 Å². The van der Waals surface area contributed by atoms with E-state index in [0.717, 1.165) is 19.3 Å². The maximum atomic E-state index is 12.6. The molecular weight excluding hydrogens is 468 g/mol. The van der Waals surface area contributed by atoms with Gasteiger partial charge in [0.25, 0.3) is 17.5 Å². The van der Waals surface area contributed by atoms with Gasteiger partial charge in [0.1, 0.15) is 5.75 Å². The molecule has 2 aromatic carbocycles. The standard InChI is InChI=1S/C25H26N4O7/c1-16-4-3-5-17(2)28(16)23(30)15-34-21-12-8-19(9-13-21)25(31)35-14-22-26-27-24(36-22)18-6-10-20(11-7-18)29(32)33/h6-13,16-17H,3-5,14-15H2,1-2H3. The fourth-order valence-electron chi connectivity index (χ4n) is 4.18. The molecule has 2 unspecified atom stereocenters. The minimum absolute atomic E-state index is 0.0501. The summed E-state index contributed by atoms with van der Waals surface area (Å²) in [4.78, 5) is 37.1. The van der Waals surface area contributed by atoms with Gasteiger partial charge in [-0.1, -0.05) is 0 Å². The summed E-state index contributed by atoms with van der Waals surface area (Å²) < 4.78 is 16.3. The first-order valence-corrected chi connectivity index (χ1v) is 11.6. The minimum atomic E-state index is -0.594. The van der Waals surface area contributed by atoms with E-state index in [0.29, 0.717) is 16.9 Å². The number of hydrogen-bond acceptors (Lipinski definition) is 9. The molecule has 11 nitrogen and oxygen atoms in total. The Labute approximate surface area is 207 Å². The number of benzene rings is 2. The number of likely N-dealkylation sites (tertiary alicyclic amines) is 1. The van der Waals surface area contributed by atoms with Gasteiger partial charge in [-0.3, -0.25) is 14.9 Å². The van der Waals surface area contributed by atoms with Crippen molar-refractivity contribution in [1.82, 2.24) is 15.1 Å². The van der Waals surface area contributed by atoms with Crippen molar-refractivity contribution in [2.24, 2.45) is 0 Å². The quantitative estimate of drug-likeness (QED) is 0.256. The van der Waals surface area contributed by atoms with E-state index in [1.807, 2.05) is 4.90 Å². The Morgan fingerprint density at radius 3 is 2.36 bits per heavy atom. The molecule has 1 fully saturated rings. The van der Waals surface area contributed by atoms with Crippen LogP contribution in [0, 0.1) is 10.1 Å². The van der Waals surface area contributed by atoms with Crippen LogP contribution < -0.4 is 4.74 Å². The summed E-state index contributed by atoms with van der Waals surface area (Å²) in [5, 5.41) is 18.5. The third kappa shape index (κ3) is 5.85. The molecule has 2 heterocycles. The van der Waals surface area contributed by atoms with E-state index < -0.39 is 10.9 Å². The van der Waals surface area contributed by atoms with Crippen molar-refractivity contribution in [2.45, 2.75) is 51.8 Å². The second-order valence-corrected chi connectivity index (χ2v) is 8.62. The minimum Gasteiger partial charge on any atom is -0.484 e. The zero-order valence-electron chi connectivity index (χ0n) is 20.0. The molecule has 1 aliphatic heterocycles. The zero-order chi connectivity index (χ0) is 25.7. The maximum absolute atomic E-state index is 12.6. The lowest BCUT2D eigenvalue weighted by Crippen LogP contribution is -2.49. The van der Waals surface area contributed by atoms with Crippen LogP contribution in [-0.4, -0.2) is 50.6 Å². The number of nitro groups is 1. The molecule has 0 aliphatic carbocycles. The predicted molar refractivity (Wildman–Crippen MR) is 127 cm³/mol. The number of rotatable bonds is 8. The molecule has 11 heteroatoms. The molecule has 1 amide bonds. The molecule has 4 rings (SSSR count). The maximum Gasteiger partial charge on any atom is 0.338 e. The molecule has 188 valence electrons. The SMILES string of the molecule is CC1CCCC(C)N1C(=O)COc1ccc(C(=O)OCc2nnc(-c3ccc([N+](=O)[O-])cc3)o2)cc1.